The van der Waals surface area contributed by atoms with Crippen molar-refractivity contribution in [1.29, 1.82) is 0 Å². The minimum Gasteiger partial charge on any atom is -0.347 e. The van der Waals surface area contributed by atoms with Crippen LogP contribution in [0.3, 0.4) is 0 Å². The fraction of sp³-hybridized carbons (Fsp3) is 0.231. The average Bonchev–Trinajstić information content (AvgIpc) is 3.46. The van der Waals surface area contributed by atoms with Crippen molar-refractivity contribution in [2.75, 3.05) is 0 Å². The van der Waals surface area contributed by atoms with E-state index in [9.17, 15) is 4.79 Å². The number of amides is 1. The molecule has 0 radical (unpaired) electrons. The van der Waals surface area contributed by atoms with Crippen LogP contribution < -0.4 is 5.32 Å². The van der Waals surface area contributed by atoms with Gasteiger partial charge in [-0.3, -0.25) is 14.5 Å². The maximum Gasteiger partial charge on any atom is 0.244 e. The van der Waals surface area contributed by atoms with Crippen molar-refractivity contribution < 1.29 is 4.79 Å². The van der Waals surface area contributed by atoms with E-state index < -0.39 is 0 Å². The summed E-state index contributed by atoms with van der Waals surface area (Å²) in [4.78, 5) is 21.4. The second kappa shape index (κ2) is 9.65. The maximum atomic E-state index is 12.5. The van der Waals surface area contributed by atoms with Gasteiger partial charge in [0.25, 0.3) is 0 Å². The van der Waals surface area contributed by atoms with E-state index in [4.69, 9.17) is 5.10 Å². The van der Waals surface area contributed by atoms with Gasteiger partial charge in [0.1, 0.15) is 11.5 Å². The summed E-state index contributed by atoms with van der Waals surface area (Å²) in [5, 5.41) is 7.71. The van der Waals surface area contributed by atoms with E-state index in [-0.39, 0.29) is 5.91 Å². The molecule has 0 atom stereocenters. The quantitative estimate of drug-likeness (QED) is 0.445. The van der Waals surface area contributed by atoms with Crippen LogP contribution in [0, 0.1) is 0 Å². The second-order valence-corrected chi connectivity index (χ2v) is 8.21. The summed E-state index contributed by atoms with van der Waals surface area (Å²) in [6.07, 6.45) is 14.3. The number of imidazole rings is 1. The van der Waals surface area contributed by atoms with Gasteiger partial charge in [-0.25, -0.2) is 4.98 Å². The van der Waals surface area contributed by atoms with Gasteiger partial charge in [-0.15, -0.1) is 0 Å². The third-order valence-electron chi connectivity index (χ3n) is 5.73. The third-order valence-corrected chi connectivity index (χ3v) is 5.73. The summed E-state index contributed by atoms with van der Waals surface area (Å²) in [5.74, 6) is 0.960. The van der Waals surface area contributed by atoms with Crippen LogP contribution in [0.4, 0.5) is 0 Å². The first-order valence-electron chi connectivity index (χ1n) is 11.3. The molecule has 0 saturated carbocycles. The number of nitrogens with zero attached hydrogens (tertiary/aromatic N) is 5. The topological polar surface area (TPSA) is 77.6 Å². The largest absolute Gasteiger partial charge is 0.347 e. The Bertz CT molecular complexity index is 1230. The van der Waals surface area contributed by atoms with Crippen molar-refractivity contribution >= 4 is 12.0 Å². The van der Waals surface area contributed by atoms with E-state index in [0.29, 0.717) is 13.1 Å². The lowest BCUT2D eigenvalue weighted by Gasteiger charge is -2.11. The number of aryl methyl sites for hydroxylation is 2. The SMILES string of the molecule is O=C(/C=C/c1cn(Cc2ccccc2)nc1-c1cccnc1)NCc1cn2c(n1)CCCC2. The number of pyridine rings is 1. The molecule has 4 heterocycles. The van der Waals surface area contributed by atoms with Crippen LogP contribution in [0.25, 0.3) is 17.3 Å². The van der Waals surface area contributed by atoms with Crippen molar-refractivity contribution in [3.05, 3.63) is 96.0 Å². The van der Waals surface area contributed by atoms with Gasteiger partial charge in [0.2, 0.25) is 5.91 Å². The Morgan fingerprint density at radius 3 is 2.82 bits per heavy atom. The van der Waals surface area contributed by atoms with Crippen molar-refractivity contribution in [3.8, 4) is 11.3 Å². The second-order valence-electron chi connectivity index (χ2n) is 8.21. The van der Waals surface area contributed by atoms with E-state index >= 15 is 0 Å². The highest BCUT2D eigenvalue weighted by atomic mass is 16.1. The Kier molecular flexibility index (Phi) is 6.10. The Morgan fingerprint density at radius 1 is 1.09 bits per heavy atom. The lowest BCUT2D eigenvalue weighted by molar-refractivity contribution is -0.116. The van der Waals surface area contributed by atoms with Crippen LogP contribution in [-0.4, -0.2) is 30.2 Å². The Labute approximate surface area is 192 Å². The van der Waals surface area contributed by atoms with Crippen LogP contribution in [-0.2, 0) is 30.8 Å². The summed E-state index contributed by atoms with van der Waals surface area (Å²) in [7, 11) is 0. The molecule has 1 N–H and O–H groups in total. The minimum absolute atomic E-state index is 0.158. The molecule has 0 spiro atoms. The van der Waals surface area contributed by atoms with Gasteiger partial charge in [-0.2, -0.15) is 5.10 Å². The summed E-state index contributed by atoms with van der Waals surface area (Å²) in [5.41, 5.74) is 4.64. The molecule has 0 fully saturated rings. The molecule has 0 unspecified atom stereocenters. The summed E-state index contributed by atoms with van der Waals surface area (Å²) in [6, 6.07) is 14.0. The molecule has 1 aliphatic rings. The number of hydrogen-bond donors (Lipinski definition) is 1. The van der Waals surface area contributed by atoms with Gasteiger partial charge in [-0.05, 0) is 36.6 Å². The number of hydrogen-bond acceptors (Lipinski definition) is 4. The molecule has 4 aromatic rings. The smallest absolute Gasteiger partial charge is 0.244 e. The van der Waals surface area contributed by atoms with Gasteiger partial charge in [0.05, 0.1) is 18.8 Å². The molecule has 166 valence electrons. The van der Waals surface area contributed by atoms with Crippen LogP contribution in [0.2, 0.25) is 0 Å². The number of fused-ring (bicyclic) bond motifs is 1. The van der Waals surface area contributed by atoms with Crippen LogP contribution in [0.5, 0.6) is 0 Å². The number of rotatable bonds is 7. The molecule has 3 aromatic heterocycles. The number of benzene rings is 1. The van der Waals surface area contributed by atoms with E-state index in [1.165, 1.54) is 12.8 Å². The van der Waals surface area contributed by atoms with Gasteiger partial charge >= 0.3 is 0 Å². The highest BCUT2D eigenvalue weighted by Gasteiger charge is 2.13. The zero-order valence-electron chi connectivity index (χ0n) is 18.4. The summed E-state index contributed by atoms with van der Waals surface area (Å²) >= 11 is 0. The zero-order valence-corrected chi connectivity index (χ0v) is 18.4. The van der Waals surface area contributed by atoms with Gasteiger partial charge in [-0.1, -0.05) is 30.3 Å². The number of aromatic nitrogens is 5. The predicted molar refractivity (Wildman–Crippen MR) is 127 cm³/mol. The van der Waals surface area contributed by atoms with Gasteiger partial charge in [0.15, 0.2) is 0 Å². The van der Waals surface area contributed by atoms with Crippen LogP contribution in [0.1, 0.15) is 35.5 Å². The fourth-order valence-corrected chi connectivity index (χ4v) is 4.10. The summed E-state index contributed by atoms with van der Waals surface area (Å²) in [6.45, 7) is 2.09. The minimum atomic E-state index is -0.158. The Hall–Kier alpha value is -4.00. The van der Waals surface area contributed by atoms with Crippen molar-refractivity contribution in [2.24, 2.45) is 0 Å². The molecule has 0 saturated heterocycles. The molecule has 1 amide bonds. The molecule has 5 rings (SSSR count). The zero-order chi connectivity index (χ0) is 22.5. The van der Waals surface area contributed by atoms with E-state index in [0.717, 1.165) is 46.9 Å². The van der Waals surface area contributed by atoms with Crippen molar-refractivity contribution in [3.63, 3.8) is 0 Å². The molecule has 1 aliphatic heterocycles. The molecule has 7 heteroatoms. The molecule has 7 nitrogen and oxygen atoms in total. The first kappa shape index (κ1) is 20.9. The number of carbonyl (C=O) groups is 1. The number of nitrogens with one attached hydrogen (secondary N) is 1. The molecule has 33 heavy (non-hydrogen) atoms. The Balaban J connectivity index is 1.30. The third kappa shape index (κ3) is 5.09. The predicted octanol–water partition coefficient (Wildman–Crippen LogP) is 3.86. The molecule has 0 aliphatic carbocycles. The fourth-order valence-electron chi connectivity index (χ4n) is 4.10. The highest BCUT2D eigenvalue weighted by Crippen LogP contribution is 2.23. The monoisotopic (exact) mass is 438 g/mol. The molecule has 0 bridgehead atoms. The maximum absolute atomic E-state index is 12.5. The van der Waals surface area contributed by atoms with Crippen LogP contribution in [0.15, 0.2) is 73.3 Å². The van der Waals surface area contributed by atoms with E-state index in [1.807, 2.05) is 53.5 Å². The average molecular weight is 439 g/mol. The van der Waals surface area contributed by atoms with Gasteiger partial charge in [0, 0.05) is 55.0 Å². The lowest BCUT2D eigenvalue weighted by Crippen LogP contribution is -2.20. The number of carbonyl (C=O) groups excluding carboxylic acids is 1. The molecule has 1 aromatic carbocycles. The molecular weight excluding hydrogens is 412 g/mol. The van der Waals surface area contributed by atoms with Gasteiger partial charge < -0.3 is 9.88 Å². The van der Waals surface area contributed by atoms with E-state index in [2.05, 4.69) is 32.0 Å². The highest BCUT2D eigenvalue weighted by molar-refractivity contribution is 5.92. The normalized spacial score (nSPS) is 13.2. The Morgan fingerprint density at radius 2 is 2.00 bits per heavy atom. The van der Waals surface area contributed by atoms with Crippen molar-refractivity contribution in [1.82, 2.24) is 29.6 Å². The first-order chi connectivity index (χ1) is 16.2. The van der Waals surface area contributed by atoms with Crippen LogP contribution >= 0.6 is 0 Å². The lowest BCUT2D eigenvalue weighted by atomic mass is 10.1. The van der Waals surface area contributed by atoms with Crippen molar-refractivity contribution in [2.45, 2.75) is 38.9 Å². The molecular formula is C26H26N6O. The first-order valence-corrected chi connectivity index (χ1v) is 11.3. The summed E-state index contributed by atoms with van der Waals surface area (Å²) < 4.78 is 4.09. The van der Waals surface area contributed by atoms with E-state index in [1.54, 1.807) is 18.5 Å². The standard InChI is InChI=1S/C26H26N6O/c33-25(28-16-23-19-31-14-5-4-10-24(31)29-23)12-11-22-18-32(17-20-7-2-1-3-8-20)30-26(22)21-9-6-13-27-15-21/h1-3,6-9,11-13,15,18-19H,4-5,10,14,16-17H2,(H,28,33)/b12-11+.